The van der Waals surface area contributed by atoms with Gasteiger partial charge in [-0.3, -0.25) is 4.79 Å². The molecule has 23 heavy (non-hydrogen) atoms. The Morgan fingerprint density at radius 1 is 1.35 bits per heavy atom. The molecule has 0 saturated carbocycles. The van der Waals surface area contributed by atoms with Gasteiger partial charge in [0, 0.05) is 11.1 Å². The number of nitrogens with zero attached hydrogens (tertiary/aromatic N) is 4. The lowest BCUT2D eigenvalue weighted by Gasteiger charge is -2.11. The molecule has 0 spiro atoms. The van der Waals surface area contributed by atoms with E-state index in [0.717, 1.165) is 4.90 Å². The van der Waals surface area contributed by atoms with Crippen molar-refractivity contribution in [1.29, 1.82) is 0 Å². The molecule has 0 aliphatic heterocycles. The standard InChI is InChI=1S/C15H12ClN5OS/c1-23-10-4-5-12(16)11(7-10)15(22)20-13-3-2-6-18-14(13)21-9-17-8-19-21/h2-9H,1H3,(H,20,22). The van der Waals surface area contributed by atoms with Gasteiger partial charge in [-0.2, -0.15) is 5.10 Å². The van der Waals surface area contributed by atoms with Crippen LogP contribution in [-0.2, 0) is 0 Å². The molecule has 3 aromatic rings. The second kappa shape index (κ2) is 6.80. The number of nitrogens with one attached hydrogen (secondary N) is 1. The van der Waals surface area contributed by atoms with Crippen molar-refractivity contribution in [2.75, 3.05) is 11.6 Å². The minimum absolute atomic E-state index is 0.305. The van der Waals surface area contributed by atoms with Crippen molar-refractivity contribution >= 4 is 35.0 Å². The van der Waals surface area contributed by atoms with E-state index >= 15 is 0 Å². The maximum Gasteiger partial charge on any atom is 0.257 e. The quantitative estimate of drug-likeness (QED) is 0.734. The lowest BCUT2D eigenvalue weighted by Crippen LogP contribution is -2.15. The highest BCUT2D eigenvalue weighted by atomic mass is 35.5. The Balaban J connectivity index is 1.93. The highest BCUT2D eigenvalue weighted by Gasteiger charge is 2.14. The molecule has 3 rings (SSSR count). The number of anilines is 1. The first-order valence-corrected chi connectivity index (χ1v) is 8.24. The zero-order valence-corrected chi connectivity index (χ0v) is 13.7. The number of thioether (sulfide) groups is 1. The van der Waals surface area contributed by atoms with Crippen LogP contribution in [-0.4, -0.2) is 31.9 Å². The molecule has 8 heteroatoms. The van der Waals surface area contributed by atoms with Gasteiger partial charge < -0.3 is 5.32 Å². The first-order valence-electron chi connectivity index (χ1n) is 6.64. The molecule has 2 heterocycles. The molecule has 2 aromatic heterocycles. The van der Waals surface area contributed by atoms with E-state index in [-0.39, 0.29) is 5.91 Å². The lowest BCUT2D eigenvalue weighted by atomic mass is 10.2. The average molecular weight is 346 g/mol. The van der Waals surface area contributed by atoms with Crippen molar-refractivity contribution in [3.63, 3.8) is 0 Å². The van der Waals surface area contributed by atoms with Crippen molar-refractivity contribution in [3.8, 4) is 5.82 Å². The predicted octanol–water partition coefficient (Wildman–Crippen LogP) is 3.29. The second-order valence-corrected chi connectivity index (χ2v) is 5.80. The summed E-state index contributed by atoms with van der Waals surface area (Å²) in [5.41, 5.74) is 0.931. The molecule has 0 bridgehead atoms. The number of hydrogen-bond acceptors (Lipinski definition) is 5. The van der Waals surface area contributed by atoms with Crippen LogP contribution in [0.1, 0.15) is 10.4 Å². The van der Waals surface area contributed by atoms with E-state index in [1.54, 1.807) is 42.2 Å². The van der Waals surface area contributed by atoms with Crippen LogP contribution in [0.3, 0.4) is 0 Å². The molecule has 0 fully saturated rings. The van der Waals surface area contributed by atoms with Crippen molar-refractivity contribution in [1.82, 2.24) is 19.7 Å². The van der Waals surface area contributed by atoms with Crippen molar-refractivity contribution in [2.45, 2.75) is 4.90 Å². The summed E-state index contributed by atoms with van der Waals surface area (Å²) in [6.45, 7) is 0. The van der Waals surface area contributed by atoms with Gasteiger partial charge in [0.15, 0.2) is 5.82 Å². The highest BCUT2D eigenvalue weighted by Crippen LogP contribution is 2.25. The van der Waals surface area contributed by atoms with Gasteiger partial charge in [0.2, 0.25) is 0 Å². The largest absolute Gasteiger partial charge is 0.319 e. The summed E-state index contributed by atoms with van der Waals surface area (Å²) in [6, 6.07) is 8.82. The number of carbonyl (C=O) groups is 1. The Kier molecular flexibility index (Phi) is 4.59. The lowest BCUT2D eigenvalue weighted by molar-refractivity contribution is 0.102. The van der Waals surface area contributed by atoms with E-state index in [1.807, 2.05) is 12.3 Å². The van der Waals surface area contributed by atoms with Gasteiger partial charge in [0.1, 0.15) is 12.7 Å². The number of benzene rings is 1. The summed E-state index contributed by atoms with van der Waals surface area (Å²) in [4.78, 5) is 21.6. The van der Waals surface area contributed by atoms with Gasteiger partial charge >= 0.3 is 0 Å². The third-order valence-corrected chi connectivity index (χ3v) is 4.14. The Morgan fingerprint density at radius 2 is 2.22 bits per heavy atom. The molecule has 116 valence electrons. The summed E-state index contributed by atoms with van der Waals surface area (Å²) < 4.78 is 1.48. The minimum atomic E-state index is -0.305. The predicted molar refractivity (Wildman–Crippen MR) is 90.3 cm³/mol. The summed E-state index contributed by atoms with van der Waals surface area (Å²) >= 11 is 7.68. The molecule has 0 unspecified atom stereocenters. The van der Waals surface area contributed by atoms with Crippen LogP contribution >= 0.6 is 23.4 Å². The van der Waals surface area contributed by atoms with E-state index in [0.29, 0.717) is 22.1 Å². The third-order valence-electron chi connectivity index (χ3n) is 3.09. The second-order valence-electron chi connectivity index (χ2n) is 4.51. The molecular formula is C15H12ClN5OS. The summed E-state index contributed by atoms with van der Waals surface area (Å²) in [5, 5.41) is 7.25. The zero-order valence-electron chi connectivity index (χ0n) is 12.1. The van der Waals surface area contributed by atoms with Crippen molar-refractivity contribution < 1.29 is 4.79 Å². The molecule has 0 aliphatic carbocycles. The summed E-state index contributed by atoms with van der Waals surface area (Å²) in [5.74, 6) is 0.177. The van der Waals surface area contributed by atoms with Gasteiger partial charge in [0.25, 0.3) is 5.91 Å². The molecule has 1 amide bonds. The van der Waals surface area contributed by atoms with E-state index in [1.165, 1.54) is 17.3 Å². The normalized spacial score (nSPS) is 10.5. The number of rotatable bonds is 4. The molecule has 0 aliphatic rings. The van der Waals surface area contributed by atoms with Gasteiger partial charge in [-0.15, -0.1) is 11.8 Å². The molecule has 0 saturated heterocycles. The molecule has 0 radical (unpaired) electrons. The first kappa shape index (κ1) is 15.5. The fourth-order valence-electron chi connectivity index (χ4n) is 1.99. The van der Waals surface area contributed by atoms with Crippen molar-refractivity contribution in [2.24, 2.45) is 0 Å². The Labute approximate surface area is 141 Å². The minimum Gasteiger partial charge on any atom is -0.319 e. The number of halogens is 1. The maximum absolute atomic E-state index is 12.5. The van der Waals surface area contributed by atoms with Crippen molar-refractivity contribution in [3.05, 3.63) is 59.8 Å². The SMILES string of the molecule is CSc1ccc(Cl)c(C(=O)Nc2cccnc2-n2cncn2)c1. The number of hydrogen-bond donors (Lipinski definition) is 1. The van der Waals surface area contributed by atoms with Gasteiger partial charge in [-0.05, 0) is 36.6 Å². The van der Waals surface area contributed by atoms with Gasteiger partial charge in [0.05, 0.1) is 16.3 Å². The van der Waals surface area contributed by atoms with Crippen LogP contribution in [0.25, 0.3) is 5.82 Å². The van der Waals surface area contributed by atoms with E-state index in [2.05, 4.69) is 20.4 Å². The molecular weight excluding hydrogens is 334 g/mol. The molecule has 1 aromatic carbocycles. The summed E-state index contributed by atoms with van der Waals surface area (Å²) in [6.07, 6.45) is 6.47. The smallest absolute Gasteiger partial charge is 0.257 e. The fraction of sp³-hybridized carbons (Fsp3) is 0.0667. The first-order chi connectivity index (χ1) is 11.2. The van der Waals surface area contributed by atoms with Crippen LogP contribution in [0.4, 0.5) is 5.69 Å². The fourth-order valence-corrected chi connectivity index (χ4v) is 2.63. The van der Waals surface area contributed by atoms with Crippen LogP contribution in [0.15, 0.2) is 54.1 Å². The monoisotopic (exact) mass is 345 g/mol. The number of amides is 1. The van der Waals surface area contributed by atoms with E-state index in [4.69, 9.17) is 11.6 Å². The van der Waals surface area contributed by atoms with Gasteiger partial charge in [-0.25, -0.2) is 14.6 Å². The van der Waals surface area contributed by atoms with Crippen LogP contribution in [0, 0.1) is 0 Å². The van der Waals surface area contributed by atoms with Gasteiger partial charge in [-0.1, -0.05) is 11.6 Å². The molecule has 6 nitrogen and oxygen atoms in total. The number of carbonyl (C=O) groups excluding carboxylic acids is 1. The number of pyridine rings is 1. The molecule has 0 atom stereocenters. The van der Waals surface area contributed by atoms with E-state index < -0.39 is 0 Å². The zero-order chi connectivity index (χ0) is 16.2. The maximum atomic E-state index is 12.5. The Bertz CT molecular complexity index is 838. The highest BCUT2D eigenvalue weighted by molar-refractivity contribution is 7.98. The summed E-state index contributed by atoms with van der Waals surface area (Å²) in [7, 11) is 0. The molecule has 1 N–H and O–H groups in total. The average Bonchev–Trinajstić information content (AvgIpc) is 3.10. The third kappa shape index (κ3) is 3.35. The Morgan fingerprint density at radius 3 is 2.96 bits per heavy atom. The van der Waals surface area contributed by atoms with Crippen LogP contribution in [0.5, 0.6) is 0 Å². The van der Waals surface area contributed by atoms with E-state index in [9.17, 15) is 4.79 Å². The van der Waals surface area contributed by atoms with Crippen LogP contribution in [0.2, 0.25) is 5.02 Å². The van der Waals surface area contributed by atoms with Crippen LogP contribution < -0.4 is 5.32 Å². The topological polar surface area (TPSA) is 72.7 Å². The Hall–Kier alpha value is -2.38. The number of aromatic nitrogens is 4.